The highest BCUT2D eigenvalue weighted by Crippen LogP contribution is 2.32. The molecule has 0 saturated heterocycles. The molecule has 0 aliphatic heterocycles. The van der Waals surface area contributed by atoms with Crippen LogP contribution < -0.4 is 0 Å². The number of alkyl halides is 3. The molecule has 2 N–H and O–H groups in total. The van der Waals surface area contributed by atoms with Crippen LogP contribution in [0.2, 0.25) is 0 Å². The van der Waals surface area contributed by atoms with Gasteiger partial charge in [0.1, 0.15) is 5.75 Å². The minimum Gasteiger partial charge on any atom is -0.508 e. The number of halogens is 3. The van der Waals surface area contributed by atoms with Crippen LogP contribution in [0.5, 0.6) is 5.75 Å². The molecule has 0 aliphatic carbocycles. The fourth-order valence-electron chi connectivity index (χ4n) is 1.65. The number of aromatic hydroxyl groups is 1. The van der Waals surface area contributed by atoms with Crippen molar-refractivity contribution in [3.63, 3.8) is 0 Å². The molecule has 0 radical (unpaired) electrons. The van der Waals surface area contributed by atoms with Crippen molar-refractivity contribution in [3.8, 4) is 5.75 Å². The standard InChI is InChI=1S/C10H9F3N2O2/c11-10(12,13)9-14-7-2-1-6(17)5-8(7)15(9)3-4-16/h1-2,5,16-17H,3-4H2. The van der Waals surface area contributed by atoms with Gasteiger partial charge in [-0.25, -0.2) is 4.98 Å². The molecule has 0 unspecified atom stereocenters. The summed E-state index contributed by atoms with van der Waals surface area (Å²) in [5, 5.41) is 18.0. The fourth-order valence-corrected chi connectivity index (χ4v) is 1.65. The maximum atomic E-state index is 12.7. The van der Waals surface area contributed by atoms with Gasteiger partial charge in [-0.05, 0) is 12.1 Å². The molecule has 0 amide bonds. The minimum atomic E-state index is -4.59. The number of hydrogen-bond donors (Lipinski definition) is 2. The second kappa shape index (κ2) is 3.92. The van der Waals surface area contributed by atoms with Gasteiger partial charge in [0.15, 0.2) is 0 Å². The van der Waals surface area contributed by atoms with Crippen LogP contribution >= 0.6 is 0 Å². The van der Waals surface area contributed by atoms with Gasteiger partial charge in [-0.1, -0.05) is 0 Å². The summed E-state index contributed by atoms with van der Waals surface area (Å²) >= 11 is 0. The van der Waals surface area contributed by atoms with E-state index in [1.165, 1.54) is 18.2 Å². The van der Waals surface area contributed by atoms with Crippen molar-refractivity contribution in [1.29, 1.82) is 0 Å². The third-order valence-corrected chi connectivity index (χ3v) is 2.31. The average molecular weight is 246 g/mol. The monoisotopic (exact) mass is 246 g/mol. The molecule has 0 aliphatic rings. The zero-order valence-corrected chi connectivity index (χ0v) is 8.57. The van der Waals surface area contributed by atoms with Gasteiger partial charge in [0.25, 0.3) is 0 Å². The van der Waals surface area contributed by atoms with Crippen LogP contribution in [0.15, 0.2) is 18.2 Å². The number of hydrogen-bond acceptors (Lipinski definition) is 3. The molecule has 2 rings (SSSR count). The van der Waals surface area contributed by atoms with Crippen molar-refractivity contribution in [3.05, 3.63) is 24.0 Å². The lowest BCUT2D eigenvalue weighted by molar-refractivity contribution is -0.147. The number of imidazole rings is 1. The number of phenols is 1. The molecular formula is C10H9F3N2O2. The largest absolute Gasteiger partial charge is 0.508 e. The number of nitrogens with zero attached hydrogens (tertiary/aromatic N) is 2. The number of fused-ring (bicyclic) bond motifs is 1. The van der Waals surface area contributed by atoms with E-state index >= 15 is 0 Å². The van der Waals surface area contributed by atoms with Crippen molar-refractivity contribution in [2.75, 3.05) is 6.61 Å². The quantitative estimate of drug-likeness (QED) is 0.848. The van der Waals surface area contributed by atoms with Gasteiger partial charge < -0.3 is 14.8 Å². The second-order valence-electron chi connectivity index (χ2n) is 3.48. The van der Waals surface area contributed by atoms with E-state index in [2.05, 4.69) is 4.98 Å². The van der Waals surface area contributed by atoms with Crippen LogP contribution in [-0.2, 0) is 12.7 Å². The SMILES string of the molecule is OCCn1c(C(F)(F)F)nc2ccc(O)cc21. The molecule has 4 nitrogen and oxygen atoms in total. The molecule has 92 valence electrons. The topological polar surface area (TPSA) is 58.3 Å². The summed E-state index contributed by atoms with van der Waals surface area (Å²) in [5.74, 6) is -1.22. The Labute approximate surface area is 93.9 Å². The molecule has 7 heteroatoms. The smallest absolute Gasteiger partial charge is 0.449 e. The highest BCUT2D eigenvalue weighted by molar-refractivity contribution is 5.77. The lowest BCUT2D eigenvalue weighted by atomic mass is 10.3. The van der Waals surface area contributed by atoms with Crippen LogP contribution in [0.3, 0.4) is 0 Å². The Morgan fingerprint density at radius 2 is 2.00 bits per heavy atom. The third-order valence-electron chi connectivity index (χ3n) is 2.31. The highest BCUT2D eigenvalue weighted by Gasteiger charge is 2.37. The Bertz CT molecular complexity index is 548. The highest BCUT2D eigenvalue weighted by atomic mass is 19.4. The third kappa shape index (κ3) is 2.05. The number of aromatic nitrogens is 2. The van der Waals surface area contributed by atoms with Gasteiger partial charge in [-0.2, -0.15) is 13.2 Å². The van der Waals surface area contributed by atoms with Crippen LogP contribution in [0, 0.1) is 0 Å². The lowest BCUT2D eigenvalue weighted by Crippen LogP contribution is -2.16. The molecule has 1 aromatic heterocycles. The summed E-state index contributed by atoms with van der Waals surface area (Å²) in [5.41, 5.74) is 0.273. The Kier molecular flexibility index (Phi) is 2.70. The zero-order valence-electron chi connectivity index (χ0n) is 8.57. The maximum Gasteiger partial charge on any atom is 0.449 e. The van der Waals surface area contributed by atoms with Gasteiger partial charge in [-0.3, -0.25) is 0 Å². The predicted molar refractivity (Wildman–Crippen MR) is 53.5 cm³/mol. The van der Waals surface area contributed by atoms with Crippen LogP contribution in [0.4, 0.5) is 13.2 Å². The van der Waals surface area contributed by atoms with Crippen molar-refractivity contribution in [2.45, 2.75) is 12.7 Å². The molecule has 0 saturated carbocycles. The van der Waals surface area contributed by atoms with Crippen molar-refractivity contribution < 1.29 is 23.4 Å². The number of rotatable bonds is 2. The zero-order chi connectivity index (χ0) is 12.6. The summed E-state index contributed by atoms with van der Waals surface area (Å²) in [7, 11) is 0. The summed E-state index contributed by atoms with van der Waals surface area (Å²) < 4.78 is 38.9. The van der Waals surface area contributed by atoms with E-state index in [9.17, 15) is 18.3 Å². The molecule has 17 heavy (non-hydrogen) atoms. The van der Waals surface area contributed by atoms with Crippen LogP contribution in [0.25, 0.3) is 11.0 Å². The fraction of sp³-hybridized carbons (Fsp3) is 0.300. The molecule has 1 heterocycles. The number of aliphatic hydroxyl groups is 1. The molecule has 0 fully saturated rings. The Balaban J connectivity index is 2.71. The second-order valence-corrected chi connectivity index (χ2v) is 3.48. The molecule has 1 aromatic carbocycles. The number of phenolic OH excluding ortho intramolecular Hbond substituents is 1. The first kappa shape index (κ1) is 11.7. The number of benzene rings is 1. The molecule has 0 spiro atoms. The van der Waals surface area contributed by atoms with Crippen molar-refractivity contribution in [1.82, 2.24) is 9.55 Å². The molecule has 0 atom stereocenters. The van der Waals surface area contributed by atoms with Gasteiger partial charge in [0.05, 0.1) is 17.6 Å². The Morgan fingerprint density at radius 1 is 1.29 bits per heavy atom. The minimum absolute atomic E-state index is 0.128. The number of aliphatic hydroxyl groups excluding tert-OH is 1. The first-order valence-corrected chi connectivity index (χ1v) is 4.81. The van der Waals surface area contributed by atoms with Gasteiger partial charge in [-0.15, -0.1) is 0 Å². The van der Waals surface area contributed by atoms with Gasteiger partial charge in [0.2, 0.25) is 5.82 Å². The summed E-state index contributed by atoms with van der Waals surface area (Å²) in [6.07, 6.45) is -4.59. The first-order chi connectivity index (χ1) is 7.93. The van der Waals surface area contributed by atoms with Gasteiger partial charge >= 0.3 is 6.18 Å². The van der Waals surface area contributed by atoms with Crippen LogP contribution in [-0.4, -0.2) is 26.4 Å². The molecule has 2 aromatic rings. The summed E-state index contributed by atoms with van der Waals surface area (Å²) in [6, 6.07) is 3.75. The van der Waals surface area contributed by atoms with E-state index in [0.29, 0.717) is 0 Å². The Hall–Kier alpha value is -1.76. The summed E-state index contributed by atoms with van der Waals surface area (Å²) in [6.45, 7) is -0.668. The Morgan fingerprint density at radius 3 is 2.59 bits per heavy atom. The van der Waals surface area contributed by atoms with E-state index in [-0.39, 0.29) is 23.3 Å². The van der Waals surface area contributed by atoms with E-state index in [1.54, 1.807) is 0 Å². The van der Waals surface area contributed by atoms with Crippen LogP contribution in [0.1, 0.15) is 5.82 Å². The first-order valence-electron chi connectivity index (χ1n) is 4.81. The molecular weight excluding hydrogens is 237 g/mol. The van der Waals surface area contributed by atoms with Crippen molar-refractivity contribution in [2.24, 2.45) is 0 Å². The van der Waals surface area contributed by atoms with E-state index in [0.717, 1.165) is 4.57 Å². The van der Waals surface area contributed by atoms with E-state index in [1.807, 2.05) is 0 Å². The maximum absolute atomic E-state index is 12.7. The molecule has 0 bridgehead atoms. The van der Waals surface area contributed by atoms with Gasteiger partial charge in [0, 0.05) is 12.6 Å². The predicted octanol–water partition coefficient (Wildman–Crippen LogP) is 1.75. The van der Waals surface area contributed by atoms with E-state index in [4.69, 9.17) is 5.11 Å². The summed E-state index contributed by atoms with van der Waals surface area (Å²) in [4.78, 5) is 3.46. The average Bonchev–Trinajstić information content (AvgIpc) is 2.57. The van der Waals surface area contributed by atoms with Crippen molar-refractivity contribution >= 4 is 11.0 Å². The lowest BCUT2D eigenvalue weighted by Gasteiger charge is -2.09. The van der Waals surface area contributed by atoms with E-state index < -0.39 is 18.6 Å². The normalized spacial score (nSPS) is 12.2.